The first-order chi connectivity index (χ1) is 23.0. The van der Waals surface area contributed by atoms with Gasteiger partial charge in [0.25, 0.3) is 0 Å². The van der Waals surface area contributed by atoms with Gasteiger partial charge in [-0.15, -0.1) is 0 Å². The van der Waals surface area contributed by atoms with E-state index in [4.69, 9.17) is 9.47 Å². The van der Waals surface area contributed by atoms with Crippen molar-refractivity contribution in [3.8, 4) is 0 Å². The summed E-state index contributed by atoms with van der Waals surface area (Å²) in [6, 6.07) is 0. The molecule has 0 rings (SSSR count). The Kier molecular flexibility index (Phi) is 36.9. The molecule has 47 heavy (non-hydrogen) atoms. The molecule has 2 unspecified atom stereocenters. The Hall–Kier alpha value is -1.06. The maximum absolute atomic E-state index is 12.6. The van der Waals surface area contributed by atoms with Gasteiger partial charge in [-0.1, -0.05) is 207 Å². The van der Waals surface area contributed by atoms with Crippen LogP contribution in [0.5, 0.6) is 0 Å². The third kappa shape index (κ3) is 34.6. The molecule has 4 nitrogen and oxygen atoms in total. The monoisotopic (exact) mass is 665 g/mol. The van der Waals surface area contributed by atoms with Crippen molar-refractivity contribution >= 4 is 11.9 Å². The first kappa shape index (κ1) is 45.9. The molecule has 4 heteroatoms. The molecule has 0 N–H and O–H groups in total. The summed E-state index contributed by atoms with van der Waals surface area (Å²) in [5, 5.41) is 0. The highest BCUT2D eigenvalue weighted by molar-refractivity contribution is 5.70. The molecular weight excluding hydrogens is 580 g/mol. The fourth-order valence-corrected chi connectivity index (χ4v) is 6.65. The van der Waals surface area contributed by atoms with Crippen molar-refractivity contribution in [3.05, 3.63) is 0 Å². The third-order valence-corrected chi connectivity index (χ3v) is 9.93. The van der Waals surface area contributed by atoms with E-state index in [2.05, 4.69) is 20.8 Å². The Morgan fingerprint density at radius 3 is 0.915 bits per heavy atom. The van der Waals surface area contributed by atoms with Gasteiger partial charge in [0.1, 0.15) is 12.2 Å². The third-order valence-electron chi connectivity index (χ3n) is 9.93. The summed E-state index contributed by atoms with van der Waals surface area (Å²) < 4.78 is 11.6. The highest BCUT2D eigenvalue weighted by Crippen LogP contribution is 2.18. The molecule has 0 aliphatic rings. The molecule has 0 fully saturated rings. The van der Waals surface area contributed by atoms with Gasteiger partial charge in [0.15, 0.2) is 0 Å². The Labute approximate surface area is 295 Å². The number of carbonyl (C=O) groups excluding carboxylic acids is 2. The molecule has 0 aliphatic carbocycles. The molecule has 280 valence electrons. The van der Waals surface area contributed by atoms with Gasteiger partial charge in [-0.05, 0) is 32.6 Å². The second kappa shape index (κ2) is 37.8. The van der Waals surface area contributed by atoms with E-state index in [0.717, 1.165) is 44.9 Å². The molecule has 0 spiro atoms. The summed E-state index contributed by atoms with van der Waals surface area (Å²) in [6.45, 7) is 8.60. The van der Waals surface area contributed by atoms with E-state index in [-0.39, 0.29) is 24.1 Å². The average Bonchev–Trinajstić information content (AvgIpc) is 3.06. The van der Waals surface area contributed by atoms with Crippen LogP contribution in [0, 0.1) is 0 Å². The molecule has 2 atom stereocenters. The Balaban J connectivity index is 3.82. The van der Waals surface area contributed by atoms with E-state index in [1.165, 1.54) is 167 Å². The molecule has 0 aliphatic heterocycles. The fourth-order valence-electron chi connectivity index (χ4n) is 6.65. The first-order valence-corrected chi connectivity index (χ1v) is 21.4. The number of ether oxygens (including phenoxy) is 2. The number of esters is 2. The van der Waals surface area contributed by atoms with Crippen molar-refractivity contribution in [2.24, 2.45) is 0 Å². The minimum atomic E-state index is -0.379. The molecular formula is C43H84O4. The van der Waals surface area contributed by atoms with Crippen LogP contribution in [-0.4, -0.2) is 24.1 Å². The van der Waals surface area contributed by atoms with Crippen molar-refractivity contribution in [2.75, 3.05) is 0 Å². The quantitative estimate of drug-likeness (QED) is 0.0487. The lowest BCUT2D eigenvalue weighted by molar-refractivity contribution is -0.167. The van der Waals surface area contributed by atoms with Crippen LogP contribution in [0.1, 0.15) is 252 Å². The SMILES string of the molecule is CCCCCCCCCCCCCCCCCC(=O)OC(C)C(CCCC)OC(=O)CCCCCCCCCCCCCCCCC. The molecule has 0 amide bonds. The summed E-state index contributed by atoms with van der Waals surface area (Å²) in [5.41, 5.74) is 0. The van der Waals surface area contributed by atoms with Crippen LogP contribution in [0.25, 0.3) is 0 Å². The van der Waals surface area contributed by atoms with Crippen LogP contribution in [0.15, 0.2) is 0 Å². The molecule has 0 saturated carbocycles. The van der Waals surface area contributed by atoms with E-state index in [1.54, 1.807) is 0 Å². The lowest BCUT2D eigenvalue weighted by Gasteiger charge is -2.24. The van der Waals surface area contributed by atoms with Gasteiger partial charge in [0.05, 0.1) is 0 Å². The zero-order chi connectivity index (χ0) is 34.5. The number of unbranched alkanes of at least 4 members (excludes halogenated alkanes) is 29. The molecule has 0 heterocycles. The molecule has 0 aromatic rings. The Morgan fingerprint density at radius 1 is 0.362 bits per heavy atom. The van der Waals surface area contributed by atoms with Gasteiger partial charge in [-0.2, -0.15) is 0 Å². The maximum atomic E-state index is 12.6. The van der Waals surface area contributed by atoms with Gasteiger partial charge in [-0.25, -0.2) is 0 Å². The number of hydrogen-bond donors (Lipinski definition) is 0. The summed E-state index contributed by atoms with van der Waals surface area (Å²) in [6.07, 6.45) is 42.5. The standard InChI is InChI=1S/C43H84O4/c1-5-8-11-13-15-17-19-21-23-25-27-29-31-33-35-38-42(44)46-40(4)41(37-10-7-3)47-43(45)39-36-34-32-30-28-26-24-22-20-18-16-14-12-9-6-2/h40-41H,5-39H2,1-4H3. The number of hydrogen-bond acceptors (Lipinski definition) is 4. The molecule has 0 bridgehead atoms. The van der Waals surface area contributed by atoms with E-state index in [0.29, 0.717) is 12.8 Å². The second-order valence-corrected chi connectivity index (χ2v) is 14.8. The second-order valence-electron chi connectivity index (χ2n) is 14.8. The summed E-state index contributed by atoms with van der Waals surface area (Å²) in [7, 11) is 0. The molecule has 0 radical (unpaired) electrons. The van der Waals surface area contributed by atoms with E-state index < -0.39 is 0 Å². The van der Waals surface area contributed by atoms with Gasteiger partial charge in [0.2, 0.25) is 0 Å². The zero-order valence-electron chi connectivity index (χ0n) is 32.5. The lowest BCUT2D eigenvalue weighted by atomic mass is 10.0. The maximum Gasteiger partial charge on any atom is 0.306 e. The minimum absolute atomic E-state index is 0.133. The van der Waals surface area contributed by atoms with Gasteiger partial charge < -0.3 is 9.47 Å². The molecule has 0 aromatic heterocycles. The van der Waals surface area contributed by atoms with E-state index >= 15 is 0 Å². The highest BCUT2D eigenvalue weighted by Gasteiger charge is 2.24. The smallest absolute Gasteiger partial charge is 0.306 e. The number of carbonyl (C=O) groups is 2. The molecule has 0 aromatic carbocycles. The van der Waals surface area contributed by atoms with Crippen LogP contribution < -0.4 is 0 Å². The zero-order valence-corrected chi connectivity index (χ0v) is 32.5. The average molecular weight is 665 g/mol. The van der Waals surface area contributed by atoms with Gasteiger partial charge in [-0.3, -0.25) is 9.59 Å². The normalized spacial score (nSPS) is 12.7. The van der Waals surface area contributed by atoms with Crippen molar-refractivity contribution in [1.82, 2.24) is 0 Å². The topological polar surface area (TPSA) is 52.6 Å². The van der Waals surface area contributed by atoms with Crippen molar-refractivity contribution < 1.29 is 19.1 Å². The van der Waals surface area contributed by atoms with E-state index in [1.807, 2.05) is 6.92 Å². The minimum Gasteiger partial charge on any atom is -0.459 e. The van der Waals surface area contributed by atoms with Crippen LogP contribution in [0.4, 0.5) is 0 Å². The largest absolute Gasteiger partial charge is 0.459 e. The summed E-state index contributed by atoms with van der Waals surface area (Å²) in [4.78, 5) is 25.1. The van der Waals surface area contributed by atoms with Crippen LogP contribution in [0.2, 0.25) is 0 Å². The summed E-state index contributed by atoms with van der Waals surface area (Å²) >= 11 is 0. The van der Waals surface area contributed by atoms with Crippen molar-refractivity contribution in [1.29, 1.82) is 0 Å². The predicted molar refractivity (Wildman–Crippen MR) is 204 cm³/mol. The van der Waals surface area contributed by atoms with Crippen molar-refractivity contribution in [3.63, 3.8) is 0 Å². The molecule has 0 saturated heterocycles. The lowest BCUT2D eigenvalue weighted by Crippen LogP contribution is -2.33. The van der Waals surface area contributed by atoms with Gasteiger partial charge >= 0.3 is 11.9 Å². The highest BCUT2D eigenvalue weighted by atomic mass is 16.6. The summed E-state index contributed by atoms with van der Waals surface area (Å²) in [5.74, 6) is -0.279. The van der Waals surface area contributed by atoms with Crippen LogP contribution in [0.3, 0.4) is 0 Å². The fraction of sp³-hybridized carbons (Fsp3) is 0.953. The van der Waals surface area contributed by atoms with Gasteiger partial charge in [0, 0.05) is 12.8 Å². The first-order valence-electron chi connectivity index (χ1n) is 21.4. The van der Waals surface area contributed by atoms with E-state index in [9.17, 15) is 9.59 Å². The van der Waals surface area contributed by atoms with Crippen LogP contribution in [-0.2, 0) is 19.1 Å². The predicted octanol–water partition coefficient (Wildman–Crippen LogP) is 14.5. The van der Waals surface area contributed by atoms with Crippen molar-refractivity contribution in [2.45, 2.75) is 265 Å². The number of rotatable bonds is 38. The van der Waals surface area contributed by atoms with Crippen LogP contribution >= 0.6 is 0 Å². The Bertz CT molecular complexity index is 648. The Morgan fingerprint density at radius 2 is 0.617 bits per heavy atom.